The highest BCUT2D eigenvalue weighted by Crippen LogP contribution is 2.25. The van der Waals surface area contributed by atoms with Gasteiger partial charge in [0.25, 0.3) is 0 Å². The van der Waals surface area contributed by atoms with Crippen LogP contribution >= 0.6 is 15.9 Å². The van der Waals surface area contributed by atoms with E-state index >= 15 is 0 Å². The maximum atomic E-state index is 14.1. The predicted octanol–water partition coefficient (Wildman–Crippen LogP) is 3.71. The molecule has 6 heteroatoms. The molecular formula is C16H19BrFNO3. The van der Waals surface area contributed by atoms with Crippen molar-refractivity contribution in [2.75, 3.05) is 6.54 Å². The van der Waals surface area contributed by atoms with Gasteiger partial charge in [0.2, 0.25) is 0 Å². The molecule has 0 aromatic heterocycles. The summed E-state index contributed by atoms with van der Waals surface area (Å²) in [6, 6.07) is 4.26. The summed E-state index contributed by atoms with van der Waals surface area (Å²) < 4.78 is 19.8. The third-order valence-electron chi connectivity index (χ3n) is 3.42. The van der Waals surface area contributed by atoms with Crippen LogP contribution in [0.1, 0.15) is 32.8 Å². The number of ketones is 1. The molecule has 0 spiro atoms. The number of carbonyl (C=O) groups excluding carboxylic acids is 2. The van der Waals surface area contributed by atoms with Crippen molar-refractivity contribution >= 4 is 27.8 Å². The highest BCUT2D eigenvalue weighted by atomic mass is 79.9. The number of carbonyl (C=O) groups is 2. The zero-order valence-corrected chi connectivity index (χ0v) is 14.4. The molecule has 22 heavy (non-hydrogen) atoms. The van der Waals surface area contributed by atoms with Crippen molar-refractivity contribution in [1.82, 2.24) is 4.90 Å². The summed E-state index contributed by atoms with van der Waals surface area (Å²) >= 11 is 3.13. The average Bonchev–Trinajstić information content (AvgIpc) is 2.75. The monoisotopic (exact) mass is 371 g/mol. The molecule has 120 valence electrons. The minimum atomic E-state index is -0.668. The van der Waals surface area contributed by atoms with E-state index in [-0.39, 0.29) is 18.6 Å². The van der Waals surface area contributed by atoms with E-state index in [1.807, 2.05) is 0 Å². The van der Waals surface area contributed by atoms with Crippen LogP contribution in [-0.2, 0) is 16.0 Å². The summed E-state index contributed by atoms with van der Waals surface area (Å²) in [7, 11) is 0. The Bertz CT molecular complexity index is 598. The second-order valence-corrected chi connectivity index (χ2v) is 7.18. The first-order chi connectivity index (χ1) is 10.2. The smallest absolute Gasteiger partial charge is 0.410 e. The Morgan fingerprint density at radius 3 is 2.77 bits per heavy atom. The van der Waals surface area contributed by atoms with Crippen LogP contribution in [0.25, 0.3) is 0 Å². The maximum Gasteiger partial charge on any atom is 0.410 e. The maximum absolute atomic E-state index is 14.1. The fourth-order valence-corrected chi connectivity index (χ4v) is 2.81. The minimum Gasteiger partial charge on any atom is -0.444 e. The van der Waals surface area contributed by atoms with Gasteiger partial charge < -0.3 is 4.74 Å². The molecule has 1 saturated heterocycles. The zero-order chi connectivity index (χ0) is 16.5. The van der Waals surface area contributed by atoms with E-state index in [0.717, 1.165) is 0 Å². The third kappa shape index (κ3) is 3.85. The Morgan fingerprint density at radius 1 is 1.45 bits per heavy atom. The molecule has 1 aliphatic rings. The summed E-state index contributed by atoms with van der Waals surface area (Å²) in [5.74, 6) is -0.462. The molecule has 1 fully saturated rings. The summed E-state index contributed by atoms with van der Waals surface area (Å²) in [5.41, 5.74) is -0.225. The van der Waals surface area contributed by atoms with E-state index in [4.69, 9.17) is 4.74 Å². The van der Waals surface area contributed by atoms with Crippen LogP contribution in [0.15, 0.2) is 22.7 Å². The standard InChI is InChI=1S/C16H19BrFNO3/c1-16(2,3)22-15(21)19-8-7-13(20)12(19)9-10-5-4-6-11(17)14(10)18/h4-6,12H,7-9H2,1-3H3. The Balaban J connectivity index is 2.18. The second-order valence-electron chi connectivity index (χ2n) is 6.32. The molecule has 4 nitrogen and oxygen atoms in total. The van der Waals surface area contributed by atoms with Crippen LogP contribution in [0.4, 0.5) is 9.18 Å². The predicted molar refractivity (Wildman–Crippen MR) is 84.2 cm³/mol. The second kappa shape index (κ2) is 6.36. The number of hydrogen-bond acceptors (Lipinski definition) is 3. The number of ether oxygens (including phenoxy) is 1. The topological polar surface area (TPSA) is 46.6 Å². The van der Waals surface area contributed by atoms with E-state index in [1.54, 1.807) is 39.0 Å². The number of Topliss-reactive ketones (excluding diaryl/α,β-unsaturated/α-hetero) is 1. The van der Waals surface area contributed by atoms with Crippen molar-refractivity contribution < 1.29 is 18.7 Å². The Kier molecular flexibility index (Phi) is 4.90. The third-order valence-corrected chi connectivity index (χ3v) is 4.03. The highest BCUT2D eigenvalue weighted by molar-refractivity contribution is 9.10. The van der Waals surface area contributed by atoms with E-state index in [9.17, 15) is 14.0 Å². The molecule has 1 atom stereocenters. The van der Waals surface area contributed by atoms with Gasteiger partial charge in [-0.3, -0.25) is 9.69 Å². The van der Waals surface area contributed by atoms with Crippen molar-refractivity contribution in [2.45, 2.75) is 45.3 Å². The molecular weight excluding hydrogens is 353 g/mol. The quantitative estimate of drug-likeness (QED) is 0.795. The van der Waals surface area contributed by atoms with Gasteiger partial charge in [0.05, 0.1) is 10.5 Å². The fourth-order valence-electron chi connectivity index (χ4n) is 2.40. The number of likely N-dealkylation sites (tertiary alicyclic amines) is 1. The van der Waals surface area contributed by atoms with Crippen molar-refractivity contribution in [3.8, 4) is 0 Å². The van der Waals surface area contributed by atoms with Gasteiger partial charge in [0, 0.05) is 19.4 Å². The Hall–Kier alpha value is -1.43. The van der Waals surface area contributed by atoms with Gasteiger partial charge in [-0.1, -0.05) is 12.1 Å². The molecule has 0 N–H and O–H groups in total. The molecule has 1 heterocycles. The molecule has 1 amide bonds. The lowest BCUT2D eigenvalue weighted by atomic mass is 10.0. The fraction of sp³-hybridized carbons (Fsp3) is 0.500. The Morgan fingerprint density at radius 2 is 2.14 bits per heavy atom. The zero-order valence-electron chi connectivity index (χ0n) is 12.9. The number of rotatable bonds is 2. The molecule has 0 aliphatic carbocycles. The van der Waals surface area contributed by atoms with Gasteiger partial charge in [-0.05, 0) is 48.3 Å². The largest absolute Gasteiger partial charge is 0.444 e. The van der Waals surface area contributed by atoms with Crippen molar-refractivity contribution in [2.24, 2.45) is 0 Å². The van der Waals surface area contributed by atoms with Crippen LogP contribution in [0.3, 0.4) is 0 Å². The first-order valence-corrected chi connectivity index (χ1v) is 7.93. The van der Waals surface area contributed by atoms with E-state index < -0.39 is 23.6 Å². The lowest BCUT2D eigenvalue weighted by Gasteiger charge is -2.28. The number of benzene rings is 1. The van der Waals surface area contributed by atoms with Crippen LogP contribution in [0, 0.1) is 5.82 Å². The average molecular weight is 372 g/mol. The summed E-state index contributed by atoms with van der Waals surface area (Å²) in [5, 5.41) is 0. The van der Waals surface area contributed by atoms with Crippen molar-refractivity contribution in [3.63, 3.8) is 0 Å². The molecule has 2 rings (SSSR count). The van der Waals surface area contributed by atoms with Gasteiger partial charge in [-0.15, -0.1) is 0 Å². The number of halogens is 2. The van der Waals surface area contributed by atoms with Gasteiger partial charge in [-0.25, -0.2) is 9.18 Å². The highest BCUT2D eigenvalue weighted by Gasteiger charge is 2.38. The first-order valence-electron chi connectivity index (χ1n) is 7.14. The first kappa shape index (κ1) is 16.9. The van der Waals surface area contributed by atoms with Gasteiger partial charge in [0.15, 0.2) is 5.78 Å². The number of hydrogen-bond donors (Lipinski definition) is 0. The van der Waals surface area contributed by atoms with Crippen molar-refractivity contribution in [3.05, 3.63) is 34.1 Å². The summed E-state index contributed by atoms with van der Waals surface area (Å²) in [6.07, 6.45) is -0.0955. The molecule has 1 aliphatic heterocycles. The van der Waals surface area contributed by atoms with Gasteiger partial charge in [-0.2, -0.15) is 0 Å². The van der Waals surface area contributed by atoms with E-state index in [0.29, 0.717) is 16.6 Å². The minimum absolute atomic E-state index is 0.0646. The molecule has 1 unspecified atom stereocenters. The van der Waals surface area contributed by atoms with Crippen LogP contribution < -0.4 is 0 Å². The van der Waals surface area contributed by atoms with Gasteiger partial charge >= 0.3 is 6.09 Å². The van der Waals surface area contributed by atoms with Gasteiger partial charge in [0.1, 0.15) is 11.4 Å². The molecule has 0 radical (unpaired) electrons. The van der Waals surface area contributed by atoms with E-state index in [1.165, 1.54) is 4.90 Å². The normalized spacial score (nSPS) is 18.7. The molecule has 1 aromatic carbocycles. The number of amides is 1. The molecule has 0 bridgehead atoms. The van der Waals surface area contributed by atoms with E-state index in [2.05, 4.69) is 15.9 Å². The SMILES string of the molecule is CC(C)(C)OC(=O)N1CCC(=O)C1Cc1cccc(Br)c1F. The summed E-state index contributed by atoms with van der Waals surface area (Å²) in [4.78, 5) is 25.7. The number of nitrogens with zero attached hydrogens (tertiary/aromatic N) is 1. The lowest BCUT2D eigenvalue weighted by Crippen LogP contribution is -2.42. The van der Waals surface area contributed by atoms with Crippen LogP contribution in [0.2, 0.25) is 0 Å². The van der Waals surface area contributed by atoms with Crippen LogP contribution in [0.5, 0.6) is 0 Å². The van der Waals surface area contributed by atoms with Crippen molar-refractivity contribution in [1.29, 1.82) is 0 Å². The molecule has 0 saturated carbocycles. The Labute approximate surface area is 137 Å². The molecule has 1 aromatic rings. The van der Waals surface area contributed by atoms with Crippen LogP contribution in [-0.4, -0.2) is 35.0 Å². The summed E-state index contributed by atoms with van der Waals surface area (Å²) in [6.45, 7) is 5.62. The lowest BCUT2D eigenvalue weighted by molar-refractivity contribution is -0.120.